The van der Waals surface area contributed by atoms with Gasteiger partial charge in [0.25, 0.3) is 5.91 Å². The van der Waals surface area contributed by atoms with E-state index in [-0.39, 0.29) is 17.9 Å². The summed E-state index contributed by atoms with van der Waals surface area (Å²) >= 11 is 6.19. The number of aromatic nitrogens is 1. The first-order chi connectivity index (χ1) is 15.5. The Morgan fingerprint density at radius 2 is 2.06 bits per heavy atom. The third kappa shape index (κ3) is 3.67. The molecule has 6 nitrogen and oxygen atoms in total. The molecule has 2 atom stereocenters. The maximum Gasteiger partial charge on any atom is 0.271 e. The smallest absolute Gasteiger partial charge is 0.271 e. The van der Waals surface area contributed by atoms with Crippen LogP contribution in [0.5, 0.6) is 0 Å². The number of fused-ring (bicyclic) bond motifs is 3. The molecule has 1 fully saturated rings. The van der Waals surface area contributed by atoms with Crippen LogP contribution in [0.25, 0.3) is 10.9 Å². The highest BCUT2D eigenvalue weighted by Crippen LogP contribution is 2.33. The number of nitrogens with one attached hydrogen (secondary N) is 1. The lowest BCUT2D eigenvalue weighted by atomic mass is 9.93. The minimum Gasteiger partial charge on any atom is -0.376 e. The molecule has 2 aliphatic heterocycles. The monoisotopic (exact) mass is 451 g/mol. The number of amides is 2. The van der Waals surface area contributed by atoms with Gasteiger partial charge in [0.05, 0.1) is 12.6 Å². The van der Waals surface area contributed by atoms with Crippen LogP contribution in [0.1, 0.15) is 35.8 Å². The predicted molar refractivity (Wildman–Crippen MR) is 124 cm³/mol. The Balaban J connectivity index is 1.52. The topological polar surface area (TPSA) is 63.6 Å². The fourth-order valence-corrected chi connectivity index (χ4v) is 4.99. The number of nitrogens with zero attached hydrogens (tertiary/aromatic N) is 2. The van der Waals surface area contributed by atoms with Crippen molar-refractivity contribution in [1.82, 2.24) is 14.8 Å². The number of ether oxygens (including phenoxy) is 1. The van der Waals surface area contributed by atoms with Gasteiger partial charge in [0.1, 0.15) is 11.2 Å². The molecule has 0 radical (unpaired) electrons. The number of halogens is 1. The van der Waals surface area contributed by atoms with Crippen LogP contribution >= 0.6 is 11.6 Å². The van der Waals surface area contributed by atoms with Crippen molar-refractivity contribution in [2.75, 3.05) is 13.2 Å². The van der Waals surface area contributed by atoms with Crippen LogP contribution in [0.4, 0.5) is 0 Å². The van der Waals surface area contributed by atoms with Crippen LogP contribution in [-0.2, 0) is 22.6 Å². The minimum absolute atomic E-state index is 0.0335. The first-order valence-electron chi connectivity index (χ1n) is 11.0. The summed E-state index contributed by atoms with van der Waals surface area (Å²) in [5, 5.41) is 4.65. The van der Waals surface area contributed by atoms with Gasteiger partial charge in [0.2, 0.25) is 5.91 Å². The third-order valence-electron chi connectivity index (χ3n) is 6.57. The lowest BCUT2D eigenvalue weighted by Crippen LogP contribution is -2.64. The van der Waals surface area contributed by atoms with Crippen molar-refractivity contribution in [2.24, 2.45) is 0 Å². The largest absolute Gasteiger partial charge is 0.376 e. The first-order valence-corrected chi connectivity index (χ1v) is 11.4. The van der Waals surface area contributed by atoms with Crippen molar-refractivity contribution in [3.63, 3.8) is 0 Å². The van der Waals surface area contributed by atoms with E-state index in [0.29, 0.717) is 30.4 Å². The average molecular weight is 452 g/mol. The molecule has 3 aromatic rings. The van der Waals surface area contributed by atoms with E-state index in [0.717, 1.165) is 35.9 Å². The fraction of sp³-hybridized carbons (Fsp3) is 0.360. The van der Waals surface area contributed by atoms with Gasteiger partial charge in [-0.25, -0.2) is 0 Å². The number of benzene rings is 2. The summed E-state index contributed by atoms with van der Waals surface area (Å²) in [4.78, 5) is 29.0. The molecular formula is C25H26ClN3O3. The minimum atomic E-state index is -1.06. The molecule has 1 saturated heterocycles. The second-order valence-corrected chi connectivity index (χ2v) is 9.25. The summed E-state index contributed by atoms with van der Waals surface area (Å²) in [5.41, 5.74) is 1.37. The zero-order valence-electron chi connectivity index (χ0n) is 18.0. The fourth-order valence-electron chi connectivity index (χ4n) is 4.77. The molecule has 2 aliphatic rings. The Morgan fingerprint density at radius 1 is 1.22 bits per heavy atom. The van der Waals surface area contributed by atoms with E-state index in [1.807, 2.05) is 60.0 Å². The number of carbonyl (C=O) groups is 2. The molecule has 32 heavy (non-hydrogen) atoms. The molecule has 0 saturated carbocycles. The molecule has 7 heteroatoms. The van der Waals surface area contributed by atoms with E-state index in [2.05, 4.69) is 5.32 Å². The van der Waals surface area contributed by atoms with E-state index in [4.69, 9.17) is 16.3 Å². The Kier molecular flexibility index (Phi) is 5.43. The van der Waals surface area contributed by atoms with Gasteiger partial charge in [-0.2, -0.15) is 0 Å². The van der Waals surface area contributed by atoms with Gasteiger partial charge in [-0.3, -0.25) is 9.59 Å². The third-order valence-corrected chi connectivity index (χ3v) is 6.80. The summed E-state index contributed by atoms with van der Waals surface area (Å²) in [7, 11) is 0. The number of hydrogen-bond donors (Lipinski definition) is 1. The van der Waals surface area contributed by atoms with Gasteiger partial charge >= 0.3 is 0 Å². The van der Waals surface area contributed by atoms with E-state index >= 15 is 0 Å². The van der Waals surface area contributed by atoms with E-state index in [1.54, 1.807) is 11.0 Å². The van der Waals surface area contributed by atoms with Crippen molar-refractivity contribution >= 4 is 34.3 Å². The molecule has 166 valence electrons. The number of carbonyl (C=O) groups excluding carboxylic acids is 2. The Labute approximate surface area is 192 Å². The predicted octanol–water partition coefficient (Wildman–Crippen LogP) is 4.00. The van der Waals surface area contributed by atoms with Crippen LogP contribution < -0.4 is 5.32 Å². The van der Waals surface area contributed by atoms with Crippen molar-refractivity contribution in [3.8, 4) is 0 Å². The van der Waals surface area contributed by atoms with Crippen LogP contribution in [0.3, 0.4) is 0 Å². The summed E-state index contributed by atoms with van der Waals surface area (Å²) in [6.07, 6.45) is 1.98. The van der Waals surface area contributed by atoms with E-state index in [9.17, 15) is 9.59 Å². The Hall–Kier alpha value is -2.83. The lowest BCUT2D eigenvalue weighted by Gasteiger charge is -2.44. The summed E-state index contributed by atoms with van der Waals surface area (Å²) in [5.74, 6) is -0.339. The highest BCUT2D eigenvalue weighted by Gasteiger charge is 2.47. The van der Waals surface area contributed by atoms with Gasteiger partial charge in [0.15, 0.2) is 0 Å². The highest BCUT2D eigenvalue weighted by molar-refractivity contribution is 6.30. The molecule has 3 heterocycles. The standard InChI is InChI=1S/C25H26ClN3O3/c1-25(24(31)27-14-20-9-5-11-32-20)16-28-21-10-3-2-7-18(21)13-22(28)23(30)29(25)15-17-6-4-8-19(26)12-17/h2-4,6-8,10,12-13,20H,5,9,11,14-16H2,1H3,(H,27,31)/t20-,25-/m0/s1. The molecule has 2 amide bonds. The number of para-hydroxylation sites is 1. The number of hydrogen-bond acceptors (Lipinski definition) is 3. The highest BCUT2D eigenvalue weighted by atomic mass is 35.5. The molecule has 5 rings (SSSR count). The number of rotatable bonds is 5. The SMILES string of the molecule is C[C@@]1(C(=O)NC[C@@H]2CCCO2)Cn2c(cc3ccccc32)C(=O)N1Cc1cccc(Cl)c1. The maximum atomic E-state index is 13.7. The second-order valence-electron chi connectivity index (χ2n) is 8.81. The Bertz CT molecular complexity index is 1180. The van der Waals surface area contributed by atoms with Gasteiger partial charge in [0, 0.05) is 35.6 Å². The van der Waals surface area contributed by atoms with Crippen LogP contribution in [0.15, 0.2) is 54.6 Å². The van der Waals surface area contributed by atoms with Gasteiger partial charge < -0.3 is 19.5 Å². The Morgan fingerprint density at radius 3 is 2.84 bits per heavy atom. The molecule has 2 aromatic carbocycles. The van der Waals surface area contributed by atoms with Gasteiger partial charge in [-0.1, -0.05) is 41.9 Å². The normalized spacial score (nSPS) is 22.9. The van der Waals surface area contributed by atoms with Crippen LogP contribution in [0.2, 0.25) is 5.02 Å². The maximum absolute atomic E-state index is 13.7. The zero-order chi connectivity index (χ0) is 22.3. The van der Waals surface area contributed by atoms with Crippen molar-refractivity contribution < 1.29 is 14.3 Å². The van der Waals surface area contributed by atoms with E-state index < -0.39 is 5.54 Å². The van der Waals surface area contributed by atoms with Crippen LogP contribution in [-0.4, -0.2) is 46.1 Å². The second kappa shape index (κ2) is 8.26. The van der Waals surface area contributed by atoms with Gasteiger partial charge in [-0.15, -0.1) is 0 Å². The van der Waals surface area contributed by atoms with Crippen molar-refractivity contribution in [2.45, 2.75) is 44.5 Å². The zero-order valence-corrected chi connectivity index (χ0v) is 18.8. The average Bonchev–Trinajstić information content (AvgIpc) is 3.43. The quantitative estimate of drug-likeness (QED) is 0.637. The van der Waals surface area contributed by atoms with Crippen LogP contribution in [0, 0.1) is 0 Å². The summed E-state index contributed by atoms with van der Waals surface area (Å²) < 4.78 is 7.64. The molecule has 0 unspecified atom stereocenters. The lowest BCUT2D eigenvalue weighted by molar-refractivity contribution is -0.133. The van der Waals surface area contributed by atoms with E-state index in [1.165, 1.54) is 0 Å². The molecular weight excluding hydrogens is 426 g/mol. The first kappa shape index (κ1) is 21.0. The molecule has 0 aliphatic carbocycles. The van der Waals surface area contributed by atoms with Crippen molar-refractivity contribution in [3.05, 3.63) is 70.9 Å². The van der Waals surface area contributed by atoms with Gasteiger partial charge in [-0.05, 0) is 49.6 Å². The molecule has 0 bridgehead atoms. The van der Waals surface area contributed by atoms with Crippen molar-refractivity contribution in [1.29, 1.82) is 0 Å². The molecule has 1 N–H and O–H groups in total. The summed E-state index contributed by atoms with van der Waals surface area (Å²) in [6, 6.07) is 17.2. The molecule has 1 aromatic heterocycles. The summed E-state index contributed by atoms with van der Waals surface area (Å²) in [6.45, 7) is 3.70. The molecule has 0 spiro atoms.